The Hall–Kier alpha value is -1.04. The summed E-state index contributed by atoms with van der Waals surface area (Å²) in [5.41, 5.74) is 0. The van der Waals surface area contributed by atoms with Crippen molar-refractivity contribution in [3.63, 3.8) is 0 Å². The Kier molecular flexibility index (Phi) is 4.14. The molecule has 1 aliphatic heterocycles. The van der Waals surface area contributed by atoms with Crippen molar-refractivity contribution in [1.82, 2.24) is 4.90 Å². The van der Waals surface area contributed by atoms with E-state index in [9.17, 15) is 14.4 Å². The van der Waals surface area contributed by atoms with Crippen LogP contribution in [0.15, 0.2) is 0 Å². The predicted molar refractivity (Wildman–Crippen MR) is 55.8 cm³/mol. The van der Waals surface area contributed by atoms with Gasteiger partial charge < -0.3 is 10.0 Å². The minimum atomic E-state index is -1.04. The highest BCUT2D eigenvalue weighted by Gasteiger charge is 2.36. The fraction of sp³-hybridized carbons (Fsp3) is 0.667. The number of carbonyl (C=O) groups excluding carboxylic acids is 2. The van der Waals surface area contributed by atoms with Crippen LogP contribution in [0, 0.1) is 0 Å². The maximum Gasteiger partial charge on any atom is 0.326 e. The van der Waals surface area contributed by atoms with E-state index in [1.165, 1.54) is 16.7 Å². The Morgan fingerprint density at radius 2 is 2.27 bits per heavy atom. The maximum absolute atomic E-state index is 11.3. The monoisotopic (exact) mass is 231 g/mol. The zero-order chi connectivity index (χ0) is 11.4. The highest BCUT2D eigenvalue weighted by atomic mass is 32.2. The number of hydrogen-bond acceptors (Lipinski definition) is 4. The predicted octanol–water partition coefficient (Wildman–Crippen LogP) is -0.00590. The largest absolute Gasteiger partial charge is 0.480 e. The first-order valence-electron chi connectivity index (χ1n) is 4.59. The van der Waals surface area contributed by atoms with Gasteiger partial charge in [0.05, 0.1) is 13.0 Å². The molecule has 1 saturated heterocycles. The van der Waals surface area contributed by atoms with Crippen LogP contribution >= 0.6 is 11.8 Å². The van der Waals surface area contributed by atoms with Crippen molar-refractivity contribution in [2.24, 2.45) is 0 Å². The molecule has 1 N–H and O–H groups in total. The number of nitrogens with zero attached hydrogens (tertiary/aromatic N) is 1. The molecule has 1 heterocycles. The van der Waals surface area contributed by atoms with Gasteiger partial charge in [-0.05, 0) is 18.4 Å². The first-order chi connectivity index (χ1) is 7.06. The van der Waals surface area contributed by atoms with Gasteiger partial charge in [0.2, 0.25) is 5.91 Å². The number of likely N-dealkylation sites (tertiary alicyclic amines) is 1. The lowest BCUT2D eigenvalue weighted by atomic mass is 10.2. The van der Waals surface area contributed by atoms with Crippen molar-refractivity contribution >= 4 is 29.4 Å². The first kappa shape index (κ1) is 12.0. The molecule has 1 rings (SSSR count). The molecular weight excluding hydrogens is 218 g/mol. The number of amides is 1. The molecule has 0 spiro atoms. The highest BCUT2D eigenvalue weighted by Crippen LogP contribution is 2.15. The van der Waals surface area contributed by atoms with Crippen molar-refractivity contribution in [2.75, 3.05) is 18.6 Å². The summed E-state index contributed by atoms with van der Waals surface area (Å²) in [6.45, 7) is -0.0514. The van der Waals surface area contributed by atoms with E-state index in [0.29, 0.717) is 12.2 Å². The SMILES string of the molecule is CSCC[C@@H](C(=O)O)N1CC(=O)CC1=O. The number of rotatable bonds is 5. The van der Waals surface area contributed by atoms with Crippen LogP contribution in [0.4, 0.5) is 0 Å². The fourth-order valence-electron chi connectivity index (χ4n) is 1.53. The van der Waals surface area contributed by atoms with E-state index in [1.54, 1.807) is 0 Å². The average Bonchev–Trinajstić information content (AvgIpc) is 2.46. The Bertz CT molecular complexity index is 292. The molecule has 0 aromatic heterocycles. The van der Waals surface area contributed by atoms with Crippen LogP contribution in [-0.2, 0) is 14.4 Å². The fourth-order valence-corrected chi connectivity index (χ4v) is 1.99. The van der Waals surface area contributed by atoms with E-state index < -0.39 is 12.0 Å². The molecule has 5 nitrogen and oxygen atoms in total. The van der Waals surface area contributed by atoms with Gasteiger partial charge in [0.25, 0.3) is 0 Å². The number of hydrogen-bond donors (Lipinski definition) is 1. The number of thioether (sulfide) groups is 1. The molecule has 0 saturated carbocycles. The van der Waals surface area contributed by atoms with Crippen molar-refractivity contribution in [2.45, 2.75) is 18.9 Å². The molecule has 0 unspecified atom stereocenters. The molecule has 0 radical (unpaired) electrons. The van der Waals surface area contributed by atoms with Crippen LogP contribution in [-0.4, -0.2) is 52.3 Å². The smallest absolute Gasteiger partial charge is 0.326 e. The lowest BCUT2D eigenvalue weighted by molar-refractivity contribution is -0.148. The summed E-state index contributed by atoms with van der Waals surface area (Å²) in [4.78, 5) is 34.4. The summed E-state index contributed by atoms with van der Waals surface area (Å²) in [5, 5.41) is 8.95. The Labute approximate surface area is 91.8 Å². The molecular formula is C9H13NO4S. The van der Waals surface area contributed by atoms with Crippen LogP contribution in [0.25, 0.3) is 0 Å². The normalized spacial score (nSPS) is 18.3. The van der Waals surface area contributed by atoms with Crippen LogP contribution in [0.1, 0.15) is 12.8 Å². The van der Waals surface area contributed by atoms with Crippen molar-refractivity contribution in [1.29, 1.82) is 0 Å². The van der Waals surface area contributed by atoms with E-state index in [4.69, 9.17) is 5.11 Å². The second kappa shape index (κ2) is 5.16. The second-order valence-corrected chi connectivity index (χ2v) is 4.36. The molecule has 15 heavy (non-hydrogen) atoms. The number of ketones is 1. The second-order valence-electron chi connectivity index (χ2n) is 3.37. The first-order valence-corrected chi connectivity index (χ1v) is 5.98. The van der Waals surface area contributed by atoms with Gasteiger partial charge in [0, 0.05) is 0 Å². The van der Waals surface area contributed by atoms with Gasteiger partial charge in [0.1, 0.15) is 6.04 Å². The molecule has 1 atom stereocenters. The summed E-state index contributed by atoms with van der Waals surface area (Å²) in [5.74, 6) is -0.939. The molecule has 0 aliphatic carbocycles. The van der Waals surface area contributed by atoms with Gasteiger partial charge in [-0.25, -0.2) is 4.79 Å². The summed E-state index contributed by atoms with van der Waals surface area (Å²) < 4.78 is 0. The third kappa shape index (κ3) is 2.95. The van der Waals surface area contributed by atoms with Gasteiger partial charge in [-0.3, -0.25) is 9.59 Å². The van der Waals surface area contributed by atoms with Gasteiger partial charge in [-0.15, -0.1) is 0 Å². The van der Waals surface area contributed by atoms with Crippen molar-refractivity contribution in [3.05, 3.63) is 0 Å². The molecule has 84 valence electrons. The average molecular weight is 231 g/mol. The van der Waals surface area contributed by atoms with Crippen LogP contribution in [0.3, 0.4) is 0 Å². The van der Waals surface area contributed by atoms with E-state index in [2.05, 4.69) is 0 Å². The van der Waals surface area contributed by atoms with Gasteiger partial charge in [0.15, 0.2) is 5.78 Å². The van der Waals surface area contributed by atoms with Crippen LogP contribution < -0.4 is 0 Å². The number of aliphatic carboxylic acids is 1. The molecule has 0 bridgehead atoms. The molecule has 0 aromatic carbocycles. The molecule has 1 amide bonds. The third-order valence-corrected chi connectivity index (χ3v) is 2.92. The number of Topliss-reactive ketones (excluding diaryl/α,β-unsaturated/α-hetero) is 1. The zero-order valence-electron chi connectivity index (χ0n) is 8.43. The lowest BCUT2D eigenvalue weighted by Gasteiger charge is -2.22. The Morgan fingerprint density at radius 1 is 1.60 bits per heavy atom. The number of carbonyl (C=O) groups is 3. The van der Waals surface area contributed by atoms with Crippen molar-refractivity contribution in [3.8, 4) is 0 Å². The topological polar surface area (TPSA) is 74.7 Å². The molecule has 1 aliphatic rings. The lowest BCUT2D eigenvalue weighted by Crippen LogP contribution is -2.42. The van der Waals surface area contributed by atoms with Crippen LogP contribution in [0.2, 0.25) is 0 Å². The minimum absolute atomic E-state index is 0.0514. The Morgan fingerprint density at radius 3 is 2.67 bits per heavy atom. The summed E-state index contributed by atoms with van der Waals surface area (Å²) in [6, 6.07) is -0.851. The van der Waals surface area contributed by atoms with E-state index in [0.717, 1.165) is 0 Å². The van der Waals surface area contributed by atoms with Crippen molar-refractivity contribution < 1.29 is 19.5 Å². The number of carboxylic acids is 1. The van der Waals surface area contributed by atoms with E-state index in [-0.39, 0.29) is 24.7 Å². The summed E-state index contributed by atoms with van der Waals surface area (Å²) in [6.07, 6.45) is 2.11. The standard InChI is InChI=1S/C9H13NO4S/c1-15-3-2-7(9(13)14)10-5-6(11)4-8(10)12/h7H,2-5H2,1H3,(H,13,14)/t7-/m0/s1. The molecule has 0 aromatic rings. The molecule has 1 fully saturated rings. The number of carboxylic acid groups (broad SMARTS) is 1. The van der Waals surface area contributed by atoms with Gasteiger partial charge >= 0.3 is 5.97 Å². The minimum Gasteiger partial charge on any atom is -0.480 e. The highest BCUT2D eigenvalue weighted by molar-refractivity contribution is 7.98. The summed E-state index contributed by atoms with van der Waals surface area (Å²) in [7, 11) is 0. The van der Waals surface area contributed by atoms with E-state index in [1.807, 2.05) is 6.26 Å². The van der Waals surface area contributed by atoms with Gasteiger partial charge in [-0.2, -0.15) is 11.8 Å². The van der Waals surface area contributed by atoms with Crippen LogP contribution in [0.5, 0.6) is 0 Å². The quantitative estimate of drug-likeness (QED) is 0.674. The third-order valence-electron chi connectivity index (χ3n) is 2.27. The summed E-state index contributed by atoms with van der Waals surface area (Å²) >= 11 is 1.52. The van der Waals surface area contributed by atoms with Gasteiger partial charge in [-0.1, -0.05) is 0 Å². The van der Waals surface area contributed by atoms with E-state index >= 15 is 0 Å². The molecule has 6 heteroatoms. The Balaban J connectivity index is 2.67. The maximum atomic E-state index is 11.3. The zero-order valence-corrected chi connectivity index (χ0v) is 9.25.